The van der Waals surface area contributed by atoms with Crippen molar-refractivity contribution < 1.29 is 4.79 Å². The lowest BCUT2D eigenvalue weighted by Gasteiger charge is -2.33. The Labute approximate surface area is 101 Å². The Morgan fingerprint density at radius 2 is 2.24 bits per heavy atom. The third-order valence-corrected chi connectivity index (χ3v) is 3.17. The molecule has 1 aromatic heterocycles. The fourth-order valence-electron chi connectivity index (χ4n) is 1.30. The van der Waals surface area contributed by atoms with E-state index < -0.39 is 5.54 Å². The van der Waals surface area contributed by atoms with Crippen molar-refractivity contribution in [3.05, 3.63) is 11.6 Å². The second-order valence-corrected chi connectivity index (χ2v) is 4.69. The van der Waals surface area contributed by atoms with Crippen molar-refractivity contribution in [2.24, 2.45) is 11.7 Å². The SMILES string of the molecule is CCc1nc(C(=O)NC(C)(CN)C(C)C)n[nH]1. The van der Waals surface area contributed by atoms with E-state index in [1.54, 1.807) is 0 Å². The molecule has 1 rings (SSSR count). The van der Waals surface area contributed by atoms with Gasteiger partial charge < -0.3 is 11.1 Å². The van der Waals surface area contributed by atoms with Gasteiger partial charge in [-0.2, -0.15) is 0 Å². The molecule has 0 saturated heterocycles. The van der Waals surface area contributed by atoms with Crippen LogP contribution in [-0.4, -0.2) is 33.2 Å². The van der Waals surface area contributed by atoms with E-state index in [4.69, 9.17) is 5.73 Å². The van der Waals surface area contributed by atoms with Crippen molar-refractivity contribution in [3.8, 4) is 0 Å². The molecule has 4 N–H and O–H groups in total. The molecule has 6 heteroatoms. The van der Waals surface area contributed by atoms with Crippen LogP contribution < -0.4 is 11.1 Å². The number of carbonyl (C=O) groups excluding carboxylic acids is 1. The first-order chi connectivity index (χ1) is 7.92. The molecule has 0 saturated carbocycles. The third kappa shape index (κ3) is 3.03. The van der Waals surface area contributed by atoms with E-state index in [1.807, 2.05) is 27.7 Å². The summed E-state index contributed by atoms with van der Waals surface area (Å²) in [6.45, 7) is 8.27. The van der Waals surface area contributed by atoms with Crippen LogP contribution in [0.15, 0.2) is 0 Å². The van der Waals surface area contributed by atoms with Crippen molar-refractivity contribution in [1.82, 2.24) is 20.5 Å². The van der Waals surface area contributed by atoms with E-state index in [9.17, 15) is 4.79 Å². The molecule has 1 aromatic rings. The average molecular weight is 239 g/mol. The van der Waals surface area contributed by atoms with E-state index >= 15 is 0 Å². The quantitative estimate of drug-likeness (QED) is 0.696. The Hall–Kier alpha value is -1.43. The number of nitrogens with one attached hydrogen (secondary N) is 2. The second kappa shape index (κ2) is 5.27. The lowest BCUT2D eigenvalue weighted by molar-refractivity contribution is 0.0872. The van der Waals surface area contributed by atoms with Crippen LogP contribution in [0.1, 0.15) is 44.1 Å². The molecule has 1 amide bonds. The monoisotopic (exact) mass is 239 g/mol. The summed E-state index contributed by atoms with van der Waals surface area (Å²) < 4.78 is 0. The van der Waals surface area contributed by atoms with Gasteiger partial charge in [0.05, 0.1) is 5.54 Å². The molecule has 0 fully saturated rings. The first-order valence-electron chi connectivity index (χ1n) is 5.86. The van der Waals surface area contributed by atoms with E-state index in [1.165, 1.54) is 0 Å². The molecule has 0 aromatic carbocycles. The van der Waals surface area contributed by atoms with Gasteiger partial charge in [0.15, 0.2) is 0 Å². The maximum Gasteiger partial charge on any atom is 0.291 e. The number of amides is 1. The Kier molecular flexibility index (Phi) is 4.22. The summed E-state index contributed by atoms with van der Waals surface area (Å²) in [5.74, 6) is 0.819. The van der Waals surface area contributed by atoms with Crippen LogP contribution >= 0.6 is 0 Å². The number of aromatic amines is 1. The van der Waals surface area contributed by atoms with Gasteiger partial charge in [0.1, 0.15) is 5.82 Å². The lowest BCUT2D eigenvalue weighted by atomic mass is 9.88. The number of hydrogen-bond acceptors (Lipinski definition) is 4. The summed E-state index contributed by atoms with van der Waals surface area (Å²) >= 11 is 0. The number of hydrogen-bond donors (Lipinski definition) is 3. The fourth-order valence-corrected chi connectivity index (χ4v) is 1.30. The van der Waals surface area contributed by atoms with Crippen LogP contribution in [0.4, 0.5) is 0 Å². The molecular weight excluding hydrogens is 218 g/mol. The maximum atomic E-state index is 11.9. The Morgan fingerprint density at radius 3 is 2.65 bits per heavy atom. The average Bonchev–Trinajstić information content (AvgIpc) is 2.77. The van der Waals surface area contributed by atoms with E-state index in [0.29, 0.717) is 12.4 Å². The third-order valence-electron chi connectivity index (χ3n) is 3.17. The highest BCUT2D eigenvalue weighted by Crippen LogP contribution is 2.15. The molecule has 1 atom stereocenters. The van der Waals surface area contributed by atoms with Crippen molar-refractivity contribution in [2.45, 2.75) is 39.7 Å². The predicted molar refractivity (Wildman–Crippen MR) is 65.5 cm³/mol. The minimum absolute atomic E-state index is 0.169. The largest absolute Gasteiger partial charge is 0.343 e. The highest BCUT2D eigenvalue weighted by molar-refractivity contribution is 5.90. The fraction of sp³-hybridized carbons (Fsp3) is 0.727. The van der Waals surface area contributed by atoms with Gasteiger partial charge in [-0.1, -0.05) is 20.8 Å². The van der Waals surface area contributed by atoms with Crippen LogP contribution in [-0.2, 0) is 6.42 Å². The summed E-state index contributed by atoms with van der Waals surface area (Å²) in [4.78, 5) is 16.0. The maximum absolute atomic E-state index is 11.9. The van der Waals surface area contributed by atoms with Crippen molar-refractivity contribution in [2.75, 3.05) is 6.54 Å². The molecule has 6 nitrogen and oxygen atoms in total. The van der Waals surface area contributed by atoms with Crippen LogP contribution in [0.3, 0.4) is 0 Å². The Bertz CT molecular complexity index is 387. The summed E-state index contributed by atoms with van der Waals surface area (Å²) in [5.41, 5.74) is 5.26. The summed E-state index contributed by atoms with van der Waals surface area (Å²) in [6.07, 6.45) is 0.721. The van der Waals surface area contributed by atoms with Gasteiger partial charge in [-0.3, -0.25) is 9.89 Å². The van der Waals surface area contributed by atoms with Crippen LogP contribution in [0.25, 0.3) is 0 Å². The normalized spacial score (nSPS) is 14.7. The zero-order valence-corrected chi connectivity index (χ0v) is 10.9. The standard InChI is InChI=1S/C11H21N5O/c1-5-8-13-9(16-15-8)10(17)14-11(4,6-12)7(2)3/h7H,5-6,12H2,1-4H3,(H,14,17)(H,13,15,16). The highest BCUT2D eigenvalue weighted by atomic mass is 16.2. The number of nitrogens with zero attached hydrogens (tertiary/aromatic N) is 2. The van der Waals surface area contributed by atoms with Crippen LogP contribution in [0.2, 0.25) is 0 Å². The number of aryl methyl sites for hydroxylation is 1. The van der Waals surface area contributed by atoms with Gasteiger partial charge in [0.2, 0.25) is 5.82 Å². The molecule has 0 spiro atoms. The van der Waals surface area contributed by atoms with E-state index in [-0.39, 0.29) is 17.6 Å². The van der Waals surface area contributed by atoms with Crippen LogP contribution in [0, 0.1) is 5.92 Å². The first kappa shape index (κ1) is 13.6. The minimum atomic E-state index is -0.440. The number of rotatable bonds is 5. The molecule has 96 valence electrons. The molecule has 0 radical (unpaired) electrons. The van der Waals surface area contributed by atoms with Gasteiger partial charge in [-0.05, 0) is 12.8 Å². The molecule has 0 aliphatic rings. The Balaban J connectivity index is 2.77. The number of H-pyrrole nitrogens is 1. The number of aromatic nitrogens is 3. The number of nitrogens with two attached hydrogens (primary N) is 1. The predicted octanol–water partition coefficient (Wildman–Crippen LogP) is 0.470. The van der Waals surface area contributed by atoms with Gasteiger partial charge in [0.25, 0.3) is 5.91 Å². The van der Waals surface area contributed by atoms with Gasteiger partial charge >= 0.3 is 0 Å². The van der Waals surface area contributed by atoms with Crippen molar-refractivity contribution in [3.63, 3.8) is 0 Å². The zero-order chi connectivity index (χ0) is 13.1. The molecular formula is C11H21N5O. The van der Waals surface area contributed by atoms with Crippen LogP contribution in [0.5, 0.6) is 0 Å². The van der Waals surface area contributed by atoms with E-state index in [0.717, 1.165) is 6.42 Å². The first-order valence-corrected chi connectivity index (χ1v) is 5.86. The molecule has 1 unspecified atom stereocenters. The topological polar surface area (TPSA) is 96.7 Å². The van der Waals surface area contributed by atoms with E-state index in [2.05, 4.69) is 20.5 Å². The summed E-state index contributed by atoms with van der Waals surface area (Å²) in [7, 11) is 0. The Morgan fingerprint density at radius 1 is 1.59 bits per heavy atom. The minimum Gasteiger partial charge on any atom is -0.343 e. The van der Waals surface area contributed by atoms with Crippen molar-refractivity contribution in [1.29, 1.82) is 0 Å². The summed E-state index contributed by atoms with van der Waals surface area (Å²) in [5, 5.41) is 9.48. The highest BCUT2D eigenvalue weighted by Gasteiger charge is 2.30. The smallest absolute Gasteiger partial charge is 0.291 e. The molecule has 1 heterocycles. The second-order valence-electron chi connectivity index (χ2n) is 4.69. The van der Waals surface area contributed by atoms with Gasteiger partial charge in [-0.25, -0.2) is 4.98 Å². The van der Waals surface area contributed by atoms with Gasteiger partial charge in [-0.15, -0.1) is 5.10 Å². The molecule has 0 bridgehead atoms. The van der Waals surface area contributed by atoms with Crippen molar-refractivity contribution >= 4 is 5.91 Å². The number of carbonyl (C=O) groups is 1. The zero-order valence-electron chi connectivity index (χ0n) is 10.9. The van der Waals surface area contributed by atoms with Gasteiger partial charge in [0, 0.05) is 13.0 Å². The molecule has 0 aliphatic carbocycles. The lowest BCUT2D eigenvalue weighted by Crippen LogP contribution is -2.55. The summed E-state index contributed by atoms with van der Waals surface area (Å²) in [6, 6.07) is 0. The molecule has 17 heavy (non-hydrogen) atoms. The molecule has 0 aliphatic heterocycles.